The van der Waals surface area contributed by atoms with E-state index >= 15 is 0 Å². The fourth-order valence-electron chi connectivity index (χ4n) is 2.69. The molecule has 0 aliphatic heterocycles. The minimum atomic E-state index is -3.93. The van der Waals surface area contributed by atoms with Crippen molar-refractivity contribution in [2.75, 3.05) is 13.7 Å². The second-order valence-corrected chi connectivity index (χ2v) is 7.98. The number of amides is 1. The first-order valence-electron chi connectivity index (χ1n) is 8.78. The predicted octanol–water partition coefficient (Wildman–Crippen LogP) is 2.28. The van der Waals surface area contributed by atoms with Crippen LogP contribution in [-0.4, -0.2) is 33.0 Å². The van der Waals surface area contributed by atoms with Crippen LogP contribution in [0.15, 0.2) is 58.0 Å². The molecule has 1 aromatic heterocycles. The van der Waals surface area contributed by atoms with E-state index in [0.29, 0.717) is 18.0 Å². The van der Waals surface area contributed by atoms with Crippen molar-refractivity contribution in [3.05, 3.63) is 65.5 Å². The second-order valence-electron chi connectivity index (χ2n) is 6.42. The predicted molar refractivity (Wildman–Crippen MR) is 107 cm³/mol. The number of carbonyl (C=O) groups is 1. The average Bonchev–Trinajstić information content (AvgIpc) is 3.16. The number of rotatable bonds is 7. The lowest BCUT2D eigenvalue weighted by molar-refractivity contribution is 0.0951. The lowest BCUT2D eigenvalue weighted by atomic mass is 10.1. The van der Waals surface area contributed by atoms with Crippen LogP contribution < -0.4 is 15.2 Å². The quantitative estimate of drug-likeness (QED) is 0.610. The largest absolute Gasteiger partial charge is 0.496 e. The summed E-state index contributed by atoms with van der Waals surface area (Å²) in [6.45, 7) is 2.28. The van der Waals surface area contributed by atoms with Crippen molar-refractivity contribution in [1.82, 2.24) is 10.3 Å². The summed E-state index contributed by atoms with van der Waals surface area (Å²) in [5.74, 6) is 0.279. The van der Waals surface area contributed by atoms with Gasteiger partial charge in [-0.2, -0.15) is 0 Å². The molecule has 2 aromatic carbocycles. The number of oxazole rings is 1. The van der Waals surface area contributed by atoms with Crippen molar-refractivity contribution in [3.63, 3.8) is 0 Å². The fraction of sp³-hybridized carbons (Fsp3) is 0.200. The van der Waals surface area contributed by atoms with Crippen molar-refractivity contribution in [1.29, 1.82) is 0 Å². The molecule has 0 radical (unpaired) electrons. The van der Waals surface area contributed by atoms with Crippen LogP contribution in [0.1, 0.15) is 21.6 Å². The minimum Gasteiger partial charge on any atom is -0.496 e. The highest BCUT2D eigenvalue weighted by Crippen LogP contribution is 2.22. The van der Waals surface area contributed by atoms with Crippen LogP contribution in [-0.2, 0) is 16.4 Å². The van der Waals surface area contributed by atoms with E-state index in [9.17, 15) is 13.2 Å². The third-order valence-corrected chi connectivity index (χ3v) is 5.17. The van der Waals surface area contributed by atoms with Gasteiger partial charge >= 0.3 is 0 Å². The second kappa shape index (κ2) is 8.46. The zero-order valence-electron chi connectivity index (χ0n) is 16.0. The Hall–Kier alpha value is -3.17. The highest BCUT2D eigenvalue weighted by Gasteiger charge is 2.17. The molecule has 8 nitrogen and oxygen atoms in total. The summed E-state index contributed by atoms with van der Waals surface area (Å²) in [5, 5.41) is 7.85. The third kappa shape index (κ3) is 5.01. The Balaban J connectivity index is 1.65. The van der Waals surface area contributed by atoms with Gasteiger partial charge < -0.3 is 14.5 Å². The molecule has 0 fully saturated rings. The summed E-state index contributed by atoms with van der Waals surface area (Å²) in [4.78, 5) is 16.7. The Bertz CT molecular complexity index is 1120. The van der Waals surface area contributed by atoms with Gasteiger partial charge in [-0.3, -0.25) is 4.79 Å². The highest BCUT2D eigenvalue weighted by molar-refractivity contribution is 7.89. The molecule has 3 aromatic rings. The molecule has 0 aliphatic carbocycles. The van der Waals surface area contributed by atoms with Crippen LogP contribution in [0.5, 0.6) is 5.75 Å². The molecule has 0 saturated carbocycles. The monoisotopic (exact) mass is 415 g/mol. The maximum Gasteiger partial charge on any atom is 0.255 e. The lowest BCUT2D eigenvalue weighted by Gasteiger charge is -2.10. The lowest BCUT2D eigenvalue weighted by Crippen LogP contribution is -2.26. The van der Waals surface area contributed by atoms with Crippen molar-refractivity contribution in [3.8, 4) is 17.2 Å². The van der Waals surface area contributed by atoms with Crippen molar-refractivity contribution < 1.29 is 22.4 Å². The molecule has 0 aliphatic rings. The Morgan fingerprint density at radius 1 is 1.21 bits per heavy atom. The number of nitrogens with one attached hydrogen (secondary N) is 1. The summed E-state index contributed by atoms with van der Waals surface area (Å²) in [6.07, 6.45) is 1.99. The summed E-state index contributed by atoms with van der Waals surface area (Å²) in [7, 11) is -2.54. The van der Waals surface area contributed by atoms with Gasteiger partial charge in [0.1, 0.15) is 12.0 Å². The standard InChI is InChI=1S/C20H21N3O5S/c1-13-3-5-14(6-4-13)20-23-15(12-28-20)9-10-22-19(24)17-11-16(29(21,25)26)7-8-18(17)27-2/h3-8,11-12H,9-10H2,1-2H3,(H,22,24)(H2,21,25,26). The number of benzene rings is 2. The summed E-state index contributed by atoms with van der Waals surface area (Å²) < 4.78 is 33.7. The van der Waals surface area contributed by atoms with E-state index in [4.69, 9.17) is 14.3 Å². The zero-order chi connectivity index (χ0) is 21.0. The van der Waals surface area contributed by atoms with Crippen LogP contribution in [0, 0.1) is 6.92 Å². The SMILES string of the molecule is COc1ccc(S(N)(=O)=O)cc1C(=O)NCCc1coc(-c2ccc(C)cc2)n1. The highest BCUT2D eigenvalue weighted by atomic mass is 32.2. The number of methoxy groups -OCH3 is 1. The van der Waals surface area contributed by atoms with Crippen molar-refractivity contribution >= 4 is 15.9 Å². The first-order chi connectivity index (χ1) is 13.8. The van der Waals surface area contributed by atoms with Crippen LogP contribution in [0.4, 0.5) is 0 Å². The van der Waals surface area contributed by atoms with Gasteiger partial charge in [0.15, 0.2) is 0 Å². The van der Waals surface area contributed by atoms with Crippen LogP contribution in [0.2, 0.25) is 0 Å². The molecule has 1 amide bonds. The molecule has 3 rings (SSSR count). The van der Waals surface area contributed by atoms with E-state index in [1.807, 2.05) is 31.2 Å². The molecule has 3 N–H and O–H groups in total. The van der Waals surface area contributed by atoms with Gasteiger partial charge in [-0.15, -0.1) is 0 Å². The van der Waals surface area contributed by atoms with E-state index in [0.717, 1.165) is 11.1 Å². The Labute approximate surface area is 168 Å². The van der Waals surface area contributed by atoms with Gasteiger partial charge in [-0.05, 0) is 37.3 Å². The molecule has 1 heterocycles. The number of nitrogens with zero attached hydrogens (tertiary/aromatic N) is 1. The van der Waals surface area contributed by atoms with E-state index in [-0.39, 0.29) is 22.8 Å². The molecule has 0 atom stereocenters. The number of carbonyl (C=O) groups excluding carboxylic acids is 1. The van der Waals surface area contributed by atoms with Gasteiger partial charge in [0.05, 0.1) is 23.3 Å². The van der Waals surface area contributed by atoms with E-state index in [1.54, 1.807) is 6.26 Å². The minimum absolute atomic E-state index is 0.0829. The summed E-state index contributed by atoms with van der Waals surface area (Å²) in [5.41, 5.74) is 2.78. The number of hydrogen-bond acceptors (Lipinski definition) is 6. The fourth-order valence-corrected chi connectivity index (χ4v) is 3.23. The Kier molecular flexibility index (Phi) is 6.00. The maximum absolute atomic E-state index is 12.5. The molecule has 29 heavy (non-hydrogen) atoms. The number of sulfonamides is 1. The molecule has 0 bridgehead atoms. The number of primary sulfonamides is 1. The summed E-state index contributed by atoms with van der Waals surface area (Å²) in [6, 6.07) is 11.7. The van der Waals surface area contributed by atoms with Gasteiger partial charge in [0.2, 0.25) is 15.9 Å². The first kappa shape index (κ1) is 20.6. The molecule has 9 heteroatoms. The third-order valence-electron chi connectivity index (χ3n) is 4.26. The van der Waals surface area contributed by atoms with E-state index in [1.165, 1.54) is 25.3 Å². The van der Waals surface area contributed by atoms with E-state index < -0.39 is 15.9 Å². The number of hydrogen-bond donors (Lipinski definition) is 2. The first-order valence-corrected chi connectivity index (χ1v) is 10.3. The van der Waals surface area contributed by atoms with E-state index in [2.05, 4.69) is 10.3 Å². The molecule has 0 spiro atoms. The topological polar surface area (TPSA) is 125 Å². The molecular formula is C20H21N3O5S. The number of aryl methyl sites for hydroxylation is 1. The van der Waals surface area contributed by atoms with Crippen LogP contribution in [0.25, 0.3) is 11.5 Å². The molecule has 152 valence electrons. The maximum atomic E-state index is 12.5. The number of nitrogens with two attached hydrogens (primary N) is 1. The smallest absolute Gasteiger partial charge is 0.255 e. The Morgan fingerprint density at radius 3 is 2.59 bits per heavy atom. The molecule has 0 unspecified atom stereocenters. The summed E-state index contributed by atoms with van der Waals surface area (Å²) >= 11 is 0. The average molecular weight is 415 g/mol. The van der Waals surface area contributed by atoms with Gasteiger partial charge in [0, 0.05) is 18.5 Å². The number of aromatic nitrogens is 1. The van der Waals surface area contributed by atoms with Gasteiger partial charge in [-0.1, -0.05) is 17.7 Å². The van der Waals surface area contributed by atoms with Gasteiger partial charge in [-0.25, -0.2) is 18.5 Å². The molecule has 0 saturated heterocycles. The van der Waals surface area contributed by atoms with Crippen LogP contribution >= 0.6 is 0 Å². The normalized spacial score (nSPS) is 11.3. The number of ether oxygens (including phenoxy) is 1. The van der Waals surface area contributed by atoms with Crippen molar-refractivity contribution in [2.45, 2.75) is 18.2 Å². The zero-order valence-corrected chi connectivity index (χ0v) is 16.8. The Morgan fingerprint density at radius 2 is 1.93 bits per heavy atom. The van der Waals surface area contributed by atoms with Crippen LogP contribution in [0.3, 0.4) is 0 Å². The molecular weight excluding hydrogens is 394 g/mol. The van der Waals surface area contributed by atoms with Crippen molar-refractivity contribution in [2.24, 2.45) is 5.14 Å². The van der Waals surface area contributed by atoms with Gasteiger partial charge in [0.25, 0.3) is 5.91 Å².